The van der Waals surface area contributed by atoms with E-state index in [0.29, 0.717) is 5.56 Å². The van der Waals surface area contributed by atoms with Crippen molar-refractivity contribution >= 4 is 16.0 Å². The Bertz CT molecular complexity index is 594. The molecule has 0 radical (unpaired) electrons. The third-order valence-corrected chi connectivity index (χ3v) is 5.31. The number of hydrogen-bond donors (Lipinski definition) is 1. The van der Waals surface area contributed by atoms with E-state index in [0.717, 1.165) is 10.4 Å². The van der Waals surface area contributed by atoms with Crippen LogP contribution in [0.1, 0.15) is 12.0 Å². The van der Waals surface area contributed by atoms with Gasteiger partial charge in [0.15, 0.2) is 0 Å². The average molecular weight is 287 g/mol. The Morgan fingerprint density at radius 3 is 2.68 bits per heavy atom. The molecule has 0 saturated carbocycles. The summed E-state index contributed by atoms with van der Waals surface area (Å²) in [7, 11) is -3.97. The van der Waals surface area contributed by atoms with Crippen molar-refractivity contribution < 1.29 is 22.7 Å². The van der Waals surface area contributed by atoms with Crippen LogP contribution in [-0.2, 0) is 14.8 Å². The number of benzene rings is 1. The summed E-state index contributed by atoms with van der Waals surface area (Å²) in [4.78, 5) is 10.5. The van der Waals surface area contributed by atoms with Gasteiger partial charge in [-0.2, -0.15) is 4.31 Å². The van der Waals surface area contributed by atoms with Crippen LogP contribution in [-0.4, -0.2) is 36.9 Å². The van der Waals surface area contributed by atoms with Crippen LogP contribution in [0.5, 0.6) is 0 Å². The molecular weight excluding hydrogens is 273 g/mol. The van der Waals surface area contributed by atoms with Gasteiger partial charge in [-0.25, -0.2) is 12.8 Å². The van der Waals surface area contributed by atoms with E-state index in [9.17, 15) is 17.6 Å². The second-order valence-corrected chi connectivity index (χ2v) is 6.45. The fourth-order valence-corrected chi connectivity index (χ4v) is 3.99. The van der Waals surface area contributed by atoms with Crippen molar-refractivity contribution in [3.63, 3.8) is 0 Å². The lowest BCUT2D eigenvalue weighted by Gasteiger charge is -2.17. The van der Waals surface area contributed by atoms with Crippen LogP contribution in [0.15, 0.2) is 23.1 Å². The SMILES string of the molecule is Cc1cccc(F)c1S(=O)(=O)N1CCC(C(=O)O)C1. The molecule has 1 unspecified atom stereocenters. The number of carbonyl (C=O) groups is 1. The van der Waals surface area contributed by atoms with Crippen molar-refractivity contribution in [1.82, 2.24) is 4.31 Å². The standard InChI is InChI=1S/C12H14FNO4S/c1-8-3-2-4-10(13)11(8)19(17,18)14-6-5-9(7-14)12(15)16/h2-4,9H,5-7H2,1H3,(H,15,16). The van der Waals surface area contributed by atoms with Crippen LogP contribution in [0.25, 0.3) is 0 Å². The molecule has 1 aliphatic heterocycles. The highest BCUT2D eigenvalue weighted by atomic mass is 32.2. The molecule has 1 heterocycles. The van der Waals surface area contributed by atoms with E-state index in [1.807, 2.05) is 0 Å². The summed E-state index contributed by atoms with van der Waals surface area (Å²) < 4.78 is 39.4. The van der Waals surface area contributed by atoms with E-state index in [-0.39, 0.29) is 24.4 Å². The van der Waals surface area contributed by atoms with Crippen molar-refractivity contribution in [3.8, 4) is 0 Å². The molecule has 1 aromatic carbocycles. The average Bonchev–Trinajstić information content (AvgIpc) is 2.78. The number of rotatable bonds is 3. The van der Waals surface area contributed by atoms with Gasteiger partial charge >= 0.3 is 5.97 Å². The summed E-state index contributed by atoms with van der Waals surface area (Å²) in [6.45, 7) is 1.51. The maximum Gasteiger partial charge on any atom is 0.307 e. The van der Waals surface area contributed by atoms with E-state index >= 15 is 0 Å². The van der Waals surface area contributed by atoms with Crippen molar-refractivity contribution in [2.45, 2.75) is 18.2 Å². The van der Waals surface area contributed by atoms with Crippen LogP contribution >= 0.6 is 0 Å². The lowest BCUT2D eigenvalue weighted by Crippen LogP contribution is -2.31. The molecule has 0 aliphatic carbocycles. The Labute approximate surface area is 110 Å². The van der Waals surface area contributed by atoms with Crippen molar-refractivity contribution in [2.75, 3.05) is 13.1 Å². The van der Waals surface area contributed by atoms with Crippen LogP contribution < -0.4 is 0 Å². The molecule has 0 spiro atoms. The van der Waals surface area contributed by atoms with Gasteiger partial charge in [-0.05, 0) is 25.0 Å². The highest BCUT2D eigenvalue weighted by molar-refractivity contribution is 7.89. The monoisotopic (exact) mass is 287 g/mol. The summed E-state index contributed by atoms with van der Waals surface area (Å²) in [5, 5.41) is 8.88. The van der Waals surface area contributed by atoms with Gasteiger partial charge in [-0.1, -0.05) is 12.1 Å². The Balaban J connectivity index is 2.37. The first-order chi connectivity index (χ1) is 8.84. The lowest BCUT2D eigenvalue weighted by atomic mass is 10.1. The summed E-state index contributed by atoms with van der Waals surface area (Å²) in [6, 6.07) is 4.04. The number of aryl methyl sites for hydroxylation is 1. The molecule has 0 amide bonds. The number of carboxylic acids is 1. The first kappa shape index (κ1) is 14.0. The molecule has 2 rings (SSSR count). The number of sulfonamides is 1. The maximum atomic E-state index is 13.7. The zero-order valence-electron chi connectivity index (χ0n) is 10.3. The normalized spacial score (nSPS) is 20.6. The predicted octanol–water partition coefficient (Wildman–Crippen LogP) is 1.23. The molecule has 0 bridgehead atoms. The Hall–Kier alpha value is -1.47. The highest BCUT2D eigenvalue weighted by Crippen LogP contribution is 2.28. The fraction of sp³-hybridized carbons (Fsp3) is 0.417. The lowest BCUT2D eigenvalue weighted by molar-refractivity contribution is -0.141. The van der Waals surface area contributed by atoms with E-state index in [1.165, 1.54) is 19.1 Å². The van der Waals surface area contributed by atoms with E-state index in [1.54, 1.807) is 0 Å². The van der Waals surface area contributed by atoms with Gasteiger partial charge in [-0.3, -0.25) is 4.79 Å². The number of halogens is 1. The molecule has 104 valence electrons. The van der Waals surface area contributed by atoms with Crippen LogP contribution in [0, 0.1) is 18.7 Å². The number of carboxylic acid groups (broad SMARTS) is 1. The zero-order chi connectivity index (χ0) is 14.2. The molecule has 1 fully saturated rings. The first-order valence-corrected chi connectivity index (χ1v) is 7.26. The highest BCUT2D eigenvalue weighted by Gasteiger charge is 2.37. The smallest absolute Gasteiger partial charge is 0.307 e. The van der Waals surface area contributed by atoms with Crippen molar-refractivity contribution in [2.24, 2.45) is 5.92 Å². The van der Waals surface area contributed by atoms with E-state index in [4.69, 9.17) is 5.11 Å². The minimum absolute atomic E-state index is 0.104. The Morgan fingerprint density at radius 2 is 2.16 bits per heavy atom. The predicted molar refractivity (Wildman–Crippen MR) is 65.6 cm³/mol. The van der Waals surface area contributed by atoms with Gasteiger partial charge in [0.2, 0.25) is 10.0 Å². The van der Waals surface area contributed by atoms with Crippen LogP contribution in [0.4, 0.5) is 4.39 Å². The molecule has 0 aromatic heterocycles. The molecular formula is C12H14FNO4S. The molecule has 7 heteroatoms. The van der Waals surface area contributed by atoms with Gasteiger partial charge in [0, 0.05) is 13.1 Å². The topological polar surface area (TPSA) is 74.7 Å². The summed E-state index contributed by atoms with van der Waals surface area (Å²) in [6.07, 6.45) is 0.252. The third kappa shape index (κ3) is 2.48. The minimum atomic E-state index is -3.97. The minimum Gasteiger partial charge on any atom is -0.481 e. The molecule has 1 atom stereocenters. The first-order valence-electron chi connectivity index (χ1n) is 5.82. The van der Waals surface area contributed by atoms with Gasteiger partial charge < -0.3 is 5.11 Å². The largest absolute Gasteiger partial charge is 0.481 e. The van der Waals surface area contributed by atoms with Crippen LogP contribution in [0.2, 0.25) is 0 Å². The Kier molecular flexibility index (Phi) is 3.60. The van der Waals surface area contributed by atoms with E-state index < -0.39 is 27.7 Å². The molecule has 1 saturated heterocycles. The Morgan fingerprint density at radius 1 is 1.47 bits per heavy atom. The second-order valence-electron chi connectivity index (χ2n) is 4.57. The molecule has 1 aromatic rings. The number of nitrogens with zero attached hydrogens (tertiary/aromatic N) is 1. The number of aliphatic carboxylic acids is 1. The van der Waals surface area contributed by atoms with Crippen molar-refractivity contribution in [1.29, 1.82) is 0 Å². The van der Waals surface area contributed by atoms with Gasteiger partial charge in [0.1, 0.15) is 10.7 Å². The fourth-order valence-electron chi connectivity index (χ4n) is 2.22. The molecule has 1 N–H and O–H groups in total. The van der Waals surface area contributed by atoms with Gasteiger partial charge in [0.05, 0.1) is 5.92 Å². The molecule has 1 aliphatic rings. The quantitative estimate of drug-likeness (QED) is 0.907. The van der Waals surface area contributed by atoms with Crippen LogP contribution in [0.3, 0.4) is 0 Å². The summed E-state index contributed by atoms with van der Waals surface area (Å²) >= 11 is 0. The summed E-state index contributed by atoms with van der Waals surface area (Å²) in [5.41, 5.74) is 0.318. The number of hydrogen-bond acceptors (Lipinski definition) is 3. The summed E-state index contributed by atoms with van der Waals surface area (Å²) in [5.74, 6) is -2.55. The third-order valence-electron chi connectivity index (χ3n) is 3.26. The van der Waals surface area contributed by atoms with Gasteiger partial charge in [-0.15, -0.1) is 0 Å². The second kappa shape index (κ2) is 4.90. The van der Waals surface area contributed by atoms with E-state index in [2.05, 4.69) is 0 Å². The molecule has 19 heavy (non-hydrogen) atoms. The molecule has 5 nitrogen and oxygen atoms in total. The van der Waals surface area contributed by atoms with Crippen molar-refractivity contribution in [3.05, 3.63) is 29.6 Å². The van der Waals surface area contributed by atoms with Gasteiger partial charge in [0.25, 0.3) is 0 Å². The zero-order valence-corrected chi connectivity index (χ0v) is 11.2. The maximum absolute atomic E-state index is 13.7.